The Balaban J connectivity index is 2.87. The Bertz CT molecular complexity index is 626. The predicted molar refractivity (Wildman–Crippen MR) is 82.6 cm³/mol. The van der Waals surface area contributed by atoms with Crippen LogP contribution in [0.15, 0.2) is 18.2 Å². The summed E-state index contributed by atoms with van der Waals surface area (Å²) in [5.41, 5.74) is -0.607. The Kier molecular flexibility index (Phi) is 5.91. The molecule has 0 spiro atoms. The van der Waals surface area contributed by atoms with Gasteiger partial charge in [-0.15, -0.1) is 0 Å². The smallest absolute Gasteiger partial charge is 0.408 e. The highest BCUT2D eigenvalue weighted by molar-refractivity contribution is 6.31. The summed E-state index contributed by atoms with van der Waals surface area (Å²) in [5, 5.41) is 22.1. The molecule has 0 saturated heterocycles. The number of carbonyl (C=O) groups excluding carboxylic acids is 1. The molecule has 0 unspecified atom stereocenters. The Morgan fingerprint density at radius 3 is 2.48 bits per heavy atom. The topological polar surface area (TPSA) is 119 Å². The molecule has 23 heavy (non-hydrogen) atoms. The van der Waals surface area contributed by atoms with E-state index in [1.54, 1.807) is 20.8 Å². The molecule has 0 aliphatic heterocycles. The third-order valence-corrected chi connectivity index (χ3v) is 3.01. The molecule has 1 aromatic rings. The summed E-state index contributed by atoms with van der Waals surface area (Å²) < 4.78 is 5.00. The monoisotopic (exact) mass is 344 g/mol. The minimum atomic E-state index is -1.27. The van der Waals surface area contributed by atoms with Gasteiger partial charge in [-0.25, -0.2) is 9.59 Å². The van der Waals surface area contributed by atoms with E-state index >= 15 is 0 Å². The fourth-order valence-corrected chi connectivity index (χ4v) is 1.94. The van der Waals surface area contributed by atoms with Crippen LogP contribution in [0.2, 0.25) is 5.02 Å². The van der Waals surface area contributed by atoms with Gasteiger partial charge >= 0.3 is 12.1 Å². The first-order valence-electron chi connectivity index (χ1n) is 6.65. The maximum Gasteiger partial charge on any atom is 0.408 e. The molecule has 0 fully saturated rings. The number of amides is 1. The van der Waals surface area contributed by atoms with Gasteiger partial charge in [0.25, 0.3) is 5.69 Å². The van der Waals surface area contributed by atoms with Gasteiger partial charge in [0.2, 0.25) is 0 Å². The number of nitro groups is 1. The number of hydrogen-bond donors (Lipinski definition) is 2. The molecular weight excluding hydrogens is 328 g/mol. The van der Waals surface area contributed by atoms with E-state index < -0.39 is 28.6 Å². The lowest BCUT2D eigenvalue weighted by atomic mass is 10.1. The van der Waals surface area contributed by atoms with E-state index in [4.69, 9.17) is 16.3 Å². The fourth-order valence-electron chi connectivity index (χ4n) is 1.69. The highest BCUT2D eigenvalue weighted by atomic mass is 35.5. The van der Waals surface area contributed by atoms with Crippen LogP contribution in [-0.2, 0) is 16.0 Å². The van der Waals surface area contributed by atoms with E-state index in [2.05, 4.69) is 5.32 Å². The van der Waals surface area contributed by atoms with Crippen molar-refractivity contribution in [2.45, 2.75) is 38.8 Å². The molecule has 9 heteroatoms. The number of carboxylic acids is 1. The second-order valence-corrected chi connectivity index (χ2v) is 6.18. The summed E-state index contributed by atoms with van der Waals surface area (Å²) in [7, 11) is 0. The molecule has 2 N–H and O–H groups in total. The number of alkyl carbamates (subject to hydrolysis) is 1. The molecule has 8 nitrogen and oxygen atoms in total. The van der Waals surface area contributed by atoms with E-state index in [1.165, 1.54) is 12.1 Å². The highest BCUT2D eigenvalue weighted by Crippen LogP contribution is 2.23. The van der Waals surface area contributed by atoms with Crippen molar-refractivity contribution in [1.82, 2.24) is 5.32 Å². The number of carbonyl (C=O) groups is 2. The number of nitro benzene ring substituents is 1. The average molecular weight is 345 g/mol. The minimum Gasteiger partial charge on any atom is -0.480 e. The van der Waals surface area contributed by atoms with Gasteiger partial charge in [-0.2, -0.15) is 0 Å². The molecule has 0 aliphatic carbocycles. The van der Waals surface area contributed by atoms with E-state index in [-0.39, 0.29) is 17.1 Å². The maximum absolute atomic E-state index is 11.7. The van der Waals surface area contributed by atoms with Crippen molar-refractivity contribution >= 4 is 29.4 Å². The first kappa shape index (κ1) is 18.7. The van der Waals surface area contributed by atoms with Crippen LogP contribution in [0.25, 0.3) is 0 Å². The van der Waals surface area contributed by atoms with Crippen LogP contribution < -0.4 is 5.32 Å². The molecule has 0 radical (unpaired) electrons. The molecular formula is C14H17ClN2O6. The number of nitrogens with one attached hydrogen (secondary N) is 1. The van der Waals surface area contributed by atoms with Crippen LogP contribution in [0.5, 0.6) is 0 Å². The number of ether oxygens (including phenoxy) is 1. The summed E-state index contributed by atoms with van der Waals surface area (Å²) in [6, 6.07) is 2.42. The molecule has 0 aliphatic rings. The second-order valence-electron chi connectivity index (χ2n) is 5.77. The van der Waals surface area contributed by atoms with E-state index in [1.807, 2.05) is 0 Å². The molecule has 0 aromatic heterocycles. The van der Waals surface area contributed by atoms with Crippen molar-refractivity contribution in [3.8, 4) is 0 Å². The summed E-state index contributed by atoms with van der Waals surface area (Å²) in [6.07, 6.45) is -1.01. The van der Waals surface area contributed by atoms with Gasteiger partial charge in [-0.3, -0.25) is 10.1 Å². The highest BCUT2D eigenvalue weighted by Gasteiger charge is 2.25. The maximum atomic E-state index is 11.7. The number of hydrogen-bond acceptors (Lipinski definition) is 5. The van der Waals surface area contributed by atoms with E-state index in [0.717, 1.165) is 6.07 Å². The van der Waals surface area contributed by atoms with Gasteiger partial charge in [0.1, 0.15) is 11.6 Å². The van der Waals surface area contributed by atoms with Gasteiger partial charge in [0.05, 0.1) is 9.95 Å². The van der Waals surface area contributed by atoms with Crippen LogP contribution in [0.1, 0.15) is 26.3 Å². The van der Waals surface area contributed by atoms with Crippen LogP contribution in [0.4, 0.5) is 10.5 Å². The lowest BCUT2D eigenvalue weighted by Gasteiger charge is -2.22. The molecule has 1 atom stereocenters. The van der Waals surface area contributed by atoms with Crippen molar-refractivity contribution in [1.29, 1.82) is 0 Å². The van der Waals surface area contributed by atoms with Gasteiger partial charge < -0.3 is 15.2 Å². The number of rotatable bonds is 5. The SMILES string of the molecule is CC(C)(C)OC(=O)N[C@@H](Cc1ccc([N+](=O)[O-])cc1Cl)C(=O)O. The van der Waals surface area contributed by atoms with Crippen LogP contribution in [0.3, 0.4) is 0 Å². The molecule has 126 valence electrons. The summed E-state index contributed by atoms with van der Waals surface area (Å²) in [4.78, 5) is 33.0. The van der Waals surface area contributed by atoms with Gasteiger partial charge in [0.15, 0.2) is 0 Å². The quantitative estimate of drug-likeness (QED) is 0.626. The first-order chi connectivity index (χ1) is 10.5. The van der Waals surface area contributed by atoms with Crippen LogP contribution >= 0.6 is 11.6 Å². The fraction of sp³-hybridized carbons (Fsp3) is 0.429. The minimum absolute atomic E-state index is 0.0523. The summed E-state index contributed by atoms with van der Waals surface area (Å²) >= 11 is 5.92. The Labute approximate surface area is 137 Å². The third-order valence-electron chi connectivity index (χ3n) is 2.66. The molecule has 0 saturated carbocycles. The average Bonchev–Trinajstić information content (AvgIpc) is 2.37. The molecule has 0 heterocycles. The number of non-ortho nitro benzene ring substituents is 1. The zero-order chi connectivity index (χ0) is 17.8. The molecule has 0 bridgehead atoms. The molecule has 1 rings (SSSR count). The second kappa shape index (κ2) is 7.28. The van der Waals surface area contributed by atoms with Crippen LogP contribution in [0, 0.1) is 10.1 Å². The van der Waals surface area contributed by atoms with Crippen molar-refractivity contribution in [3.63, 3.8) is 0 Å². The zero-order valence-electron chi connectivity index (χ0n) is 12.8. The molecule has 1 aromatic carbocycles. The van der Waals surface area contributed by atoms with E-state index in [0.29, 0.717) is 5.56 Å². The zero-order valence-corrected chi connectivity index (χ0v) is 13.6. The number of carboxylic acid groups (broad SMARTS) is 1. The summed E-state index contributed by atoms with van der Waals surface area (Å²) in [5.74, 6) is -1.27. The van der Waals surface area contributed by atoms with Crippen molar-refractivity contribution in [3.05, 3.63) is 38.9 Å². The first-order valence-corrected chi connectivity index (χ1v) is 7.02. The number of halogens is 1. The number of nitrogens with zero attached hydrogens (tertiary/aromatic N) is 1. The van der Waals surface area contributed by atoms with E-state index in [9.17, 15) is 24.8 Å². The number of aliphatic carboxylic acids is 1. The number of benzene rings is 1. The Morgan fingerprint density at radius 2 is 2.04 bits per heavy atom. The predicted octanol–water partition coefficient (Wildman–Crippen LogP) is 2.77. The standard InChI is InChI=1S/C14H17ClN2O6/c1-14(2,3)23-13(20)16-11(12(18)19)6-8-4-5-9(17(21)22)7-10(8)15/h4-5,7,11H,6H2,1-3H3,(H,16,20)(H,18,19)/t11-/m0/s1. The van der Waals surface area contributed by atoms with Crippen molar-refractivity contribution in [2.24, 2.45) is 0 Å². The van der Waals surface area contributed by atoms with Gasteiger partial charge in [-0.05, 0) is 26.3 Å². The van der Waals surface area contributed by atoms with Gasteiger partial charge in [-0.1, -0.05) is 17.7 Å². The van der Waals surface area contributed by atoms with Crippen molar-refractivity contribution in [2.75, 3.05) is 0 Å². The summed E-state index contributed by atoms with van der Waals surface area (Å²) in [6.45, 7) is 4.95. The lowest BCUT2D eigenvalue weighted by Crippen LogP contribution is -2.44. The largest absolute Gasteiger partial charge is 0.480 e. The van der Waals surface area contributed by atoms with Crippen molar-refractivity contribution < 1.29 is 24.4 Å². The van der Waals surface area contributed by atoms with Gasteiger partial charge in [0, 0.05) is 18.6 Å². The van der Waals surface area contributed by atoms with Crippen LogP contribution in [-0.4, -0.2) is 33.7 Å². The molecule has 1 amide bonds. The Morgan fingerprint density at radius 1 is 1.43 bits per heavy atom. The lowest BCUT2D eigenvalue weighted by molar-refractivity contribution is -0.384. The third kappa shape index (κ3) is 6.11. The Hall–Kier alpha value is -2.35. The normalized spacial score (nSPS) is 12.3.